The first kappa shape index (κ1) is 26.9. The summed E-state index contributed by atoms with van der Waals surface area (Å²) < 4.78 is 13.5. The fourth-order valence-corrected chi connectivity index (χ4v) is 6.04. The van der Waals surface area contributed by atoms with Gasteiger partial charge in [-0.05, 0) is 79.6 Å². The number of benzene rings is 4. The van der Waals surface area contributed by atoms with E-state index in [2.05, 4.69) is 23.2 Å². The lowest BCUT2D eigenvalue weighted by atomic mass is 10.1. The number of nitrogens with zero attached hydrogens (tertiary/aromatic N) is 4. The lowest BCUT2D eigenvalue weighted by Crippen LogP contribution is -2.37. The van der Waals surface area contributed by atoms with Gasteiger partial charge in [-0.15, -0.1) is 10.2 Å². The van der Waals surface area contributed by atoms with Crippen molar-refractivity contribution in [3.8, 4) is 34.3 Å². The topological polar surface area (TPSA) is 69.5 Å². The van der Waals surface area contributed by atoms with Gasteiger partial charge in [0, 0.05) is 16.8 Å². The largest absolute Gasteiger partial charge is 0.496 e. The van der Waals surface area contributed by atoms with E-state index in [0.29, 0.717) is 33.1 Å². The van der Waals surface area contributed by atoms with Crippen LogP contribution in [0.15, 0.2) is 102 Å². The molecule has 1 aliphatic rings. The molecule has 0 saturated heterocycles. The molecule has 0 bridgehead atoms. The number of fused-ring (bicyclic) bond motifs is 1. The zero-order valence-corrected chi connectivity index (χ0v) is 24.1. The summed E-state index contributed by atoms with van der Waals surface area (Å²) in [5.41, 5.74) is 3.67. The van der Waals surface area contributed by atoms with Crippen LogP contribution < -0.4 is 14.4 Å². The SMILES string of the molecule is COc1ccc(Cl)cc1-c1nnc(SCC(=O)N2c3ccccc3C[C@H]2C)n1-c1ccc(Oc2ccccc2)cc1. The molecule has 206 valence electrons. The molecule has 6 rings (SSSR count). The molecule has 0 saturated carbocycles. The van der Waals surface area contributed by atoms with Crippen molar-refractivity contribution in [1.82, 2.24) is 14.8 Å². The van der Waals surface area contributed by atoms with Crippen LogP contribution in [0, 0.1) is 0 Å². The van der Waals surface area contributed by atoms with Gasteiger partial charge >= 0.3 is 0 Å². The number of halogens is 1. The van der Waals surface area contributed by atoms with Crippen LogP contribution in [0.1, 0.15) is 12.5 Å². The summed E-state index contributed by atoms with van der Waals surface area (Å²) in [7, 11) is 1.60. The number of thioether (sulfide) groups is 1. The van der Waals surface area contributed by atoms with E-state index in [-0.39, 0.29) is 17.7 Å². The third-order valence-electron chi connectivity index (χ3n) is 6.91. The number of amides is 1. The summed E-state index contributed by atoms with van der Waals surface area (Å²) in [6.07, 6.45) is 0.846. The van der Waals surface area contributed by atoms with Crippen molar-refractivity contribution in [2.75, 3.05) is 17.8 Å². The van der Waals surface area contributed by atoms with Crippen LogP contribution in [0.4, 0.5) is 5.69 Å². The van der Waals surface area contributed by atoms with Crippen LogP contribution in [0.25, 0.3) is 17.1 Å². The zero-order valence-electron chi connectivity index (χ0n) is 22.5. The van der Waals surface area contributed by atoms with E-state index in [4.69, 9.17) is 21.1 Å². The molecule has 0 N–H and O–H groups in total. The second kappa shape index (κ2) is 11.7. The van der Waals surface area contributed by atoms with Gasteiger partial charge < -0.3 is 14.4 Å². The molecule has 0 radical (unpaired) electrons. The highest BCUT2D eigenvalue weighted by atomic mass is 35.5. The van der Waals surface area contributed by atoms with E-state index < -0.39 is 0 Å². The number of methoxy groups -OCH3 is 1. The highest BCUT2D eigenvalue weighted by Gasteiger charge is 2.31. The summed E-state index contributed by atoms with van der Waals surface area (Å²) in [5, 5.41) is 10.2. The van der Waals surface area contributed by atoms with Gasteiger partial charge in [-0.1, -0.05) is 59.8 Å². The predicted molar refractivity (Wildman–Crippen MR) is 163 cm³/mol. The van der Waals surface area contributed by atoms with Crippen molar-refractivity contribution in [3.63, 3.8) is 0 Å². The minimum absolute atomic E-state index is 0.0236. The maximum Gasteiger partial charge on any atom is 0.237 e. The Morgan fingerprint density at radius 3 is 2.46 bits per heavy atom. The van der Waals surface area contributed by atoms with E-state index in [1.54, 1.807) is 25.3 Å². The average molecular weight is 583 g/mol. The maximum absolute atomic E-state index is 13.5. The Hall–Kier alpha value is -4.27. The van der Waals surface area contributed by atoms with Crippen molar-refractivity contribution in [2.45, 2.75) is 24.5 Å². The Morgan fingerprint density at radius 1 is 0.951 bits per heavy atom. The van der Waals surface area contributed by atoms with Crippen LogP contribution >= 0.6 is 23.4 Å². The molecule has 41 heavy (non-hydrogen) atoms. The molecule has 1 aliphatic heterocycles. The van der Waals surface area contributed by atoms with E-state index >= 15 is 0 Å². The quantitative estimate of drug-likeness (QED) is 0.177. The normalized spacial score (nSPS) is 14.1. The van der Waals surface area contributed by atoms with Gasteiger partial charge in [-0.3, -0.25) is 9.36 Å². The van der Waals surface area contributed by atoms with Crippen LogP contribution in [-0.2, 0) is 11.2 Å². The van der Waals surface area contributed by atoms with E-state index in [1.165, 1.54) is 17.3 Å². The second-order valence-corrected chi connectivity index (χ2v) is 11.0. The standard InChI is InChI=1S/C32H27ClN4O3S/c1-21-18-22-8-6-7-11-28(22)36(21)30(38)20-41-32-35-34-31(27-19-23(33)12-17-29(27)39-2)37(32)24-13-15-26(16-14-24)40-25-9-4-3-5-10-25/h3-17,19,21H,18,20H2,1-2H3/t21-/m1/s1. The van der Waals surface area contributed by atoms with Gasteiger partial charge in [0.05, 0.1) is 24.1 Å². The van der Waals surface area contributed by atoms with Gasteiger partial charge in [0.1, 0.15) is 17.2 Å². The second-order valence-electron chi connectivity index (χ2n) is 9.63. The third-order valence-corrected chi connectivity index (χ3v) is 8.06. The van der Waals surface area contributed by atoms with Crippen molar-refractivity contribution < 1.29 is 14.3 Å². The van der Waals surface area contributed by atoms with Gasteiger partial charge in [0.2, 0.25) is 5.91 Å². The molecular formula is C32H27ClN4O3S. The Kier molecular flexibility index (Phi) is 7.67. The summed E-state index contributed by atoms with van der Waals surface area (Å²) in [4.78, 5) is 15.4. The molecule has 0 spiro atoms. The Labute approximate surface area is 247 Å². The Morgan fingerprint density at radius 2 is 1.68 bits per heavy atom. The molecule has 1 atom stereocenters. The number of rotatable bonds is 8. The first-order valence-corrected chi connectivity index (χ1v) is 14.5. The fraction of sp³-hybridized carbons (Fsp3) is 0.156. The first-order chi connectivity index (χ1) is 20.0. The monoisotopic (exact) mass is 582 g/mol. The van der Waals surface area contributed by atoms with E-state index in [1.807, 2.05) is 82.3 Å². The molecule has 7 nitrogen and oxygen atoms in total. The number of para-hydroxylation sites is 2. The summed E-state index contributed by atoms with van der Waals surface area (Å²) in [6, 6.07) is 30.8. The number of hydrogen-bond acceptors (Lipinski definition) is 6. The summed E-state index contributed by atoms with van der Waals surface area (Å²) in [5.74, 6) is 2.84. The molecule has 1 amide bonds. The zero-order chi connectivity index (χ0) is 28.3. The van der Waals surface area contributed by atoms with Crippen molar-refractivity contribution in [3.05, 3.63) is 108 Å². The summed E-state index contributed by atoms with van der Waals surface area (Å²) >= 11 is 7.72. The average Bonchev–Trinajstić information content (AvgIpc) is 3.57. The smallest absolute Gasteiger partial charge is 0.237 e. The van der Waals surface area contributed by atoms with Crippen LogP contribution in [-0.4, -0.2) is 39.6 Å². The van der Waals surface area contributed by atoms with Crippen LogP contribution in [0.5, 0.6) is 17.2 Å². The first-order valence-electron chi connectivity index (χ1n) is 13.2. The molecule has 0 aliphatic carbocycles. The number of carbonyl (C=O) groups excluding carboxylic acids is 1. The number of hydrogen-bond donors (Lipinski definition) is 0. The number of aromatic nitrogens is 3. The molecule has 4 aromatic carbocycles. The van der Waals surface area contributed by atoms with Gasteiger partial charge in [0.15, 0.2) is 11.0 Å². The van der Waals surface area contributed by atoms with Crippen molar-refractivity contribution in [1.29, 1.82) is 0 Å². The van der Waals surface area contributed by atoms with Crippen LogP contribution in [0.2, 0.25) is 5.02 Å². The van der Waals surface area contributed by atoms with Crippen molar-refractivity contribution >= 4 is 35.0 Å². The van der Waals surface area contributed by atoms with E-state index in [0.717, 1.165) is 23.5 Å². The minimum atomic E-state index is 0.0236. The molecule has 0 unspecified atom stereocenters. The maximum atomic E-state index is 13.5. The Bertz CT molecular complexity index is 1690. The van der Waals surface area contributed by atoms with Crippen molar-refractivity contribution in [2.24, 2.45) is 0 Å². The lowest BCUT2D eigenvalue weighted by molar-refractivity contribution is -0.116. The van der Waals surface area contributed by atoms with Crippen LogP contribution in [0.3, 0.4) is 0 Å². The molecule has 2 heterocycles. The molecule has 5 aromatic rings. The van der Waals surface area contributed by atoms with Gasteiger partial charge in [0.25, 0.3) is 0 Å². The number of anilines is 1. The minimum Gasteiger partial charge on any atom is -0.496 e. The molecular weight excluding hydrogens is 556 g/mol. The summed E-state index contributed by atoms with van der Waals surface area (Å²) in [6.45, 7) is 2.08. The Balaban J connectivity index is 1.33. The number of carbonyl (C=O) groups is 1. The molecule has 0 fully saturated rings. The predicted octanol–water partition coefficient (Wildman–Crippen LogP) is 7.46. The van der Waals surface area contributed by atoms with Gasteiger partial charge in [-0.2, -0.15) is 0 Å². The van der Waals surface area contributed by atoms with Gasteiger partial charge in [-0.25, -0.2) is 0 Å². The third kappa shape index (κ3) is 5.53. The highest BCUT2D eigenvalue weighted by molar-refractivity contribution is 7.99. The fourth-order valence-electron chi connectivity index (χ4n) is 5.05. The molecule has 9 heteroatoms. The lowest BCUT2D eigenvalue weighted by Gasteiger charge is -2.22. The number of ether oxygens (including phenoxy) is 2. The highest BCUT2D eigenvalue weighted by Crippen LogP contribution is 2.37. The van der Waals surface area contributed by atoms with E-state index in [9.17, 15) is 4.79 Å². The molecule has 1 aromatic heterocycles.